The minimum absolute atomic E-state index is 0.178. The molecule has 18 heavy (non-hydrogen) atoms. The van der Waals surface area contributed by atoms with Crippen molar-refractivity contribution in [3.05, 3.63) is 27.3 Å². The molecule has 0 saturated carbocycles. The second kappa shape index (κ2) is 6.38. The summed E-state index contributed by atoms with van der Waals surface area (Å²) in [7, 11) is 0. The number of ether oxygens (including phenoxy) is 2. The van der Waals surface area contributed by atoms with Crippen LogP contribution in [0, 0.1) is 3.57 Å². The monoisotopic (exact) mass is 364 g/mol. The maximum atomic E-state index is 11.1. The third-order valence-corrected chi connectivity index (χ3v) is 2.72. The molecule has 0 spiro atoms. The van der Waals surface area contributed by atoms with Crippen LogP contribution < -0.4 is 4.74 Å². The fraction of sp³-hybridized carbons (Fsp3) is 0.462. The highest BCUT2D eigenvalue weighted by atomic mass is 127. The molecule has 5 heteroatoms. The first-order valence-corrected chi connectivity index (χ1v) is 6.67. The standard InChI is InChI=1S/C13H17IO4/c1-13(2,3)18-7-6-17-11-5-4-9(14)8-10(11)12(15)16/h4-5,8H,6-7H2,1-3H3,(H,15,16). The Bertz CT molecular complexity index is 423. The summed E-state index contributed by atoms with van der Waals surface area (Å²) >= 11 is 2.07. The number of halogens is 1. The summed E-state index contributed by atoms with van der Waals surface area (Å²) in [6.45, 7) is 6.63. The number of carboxylic acid groups (broad SMARTS) is 1. The number of aromatic carboxylic acids is 1. The van der Waals surface area contributed by atoms with Crippen molar-refractivity contribution in [2.24, 2.45) is 0 Å². The van der Waals surface area contributed by atoms with Crippen LogP contribution in [0.2, 0.25) is 0 Å². The molecule has 0 radical (unpaired) electrons. The van der Waals surface area contributed by atoms with E-state index in [1.54, 1.807) is 12.1 Å². The van der Waals surface area contributed by atoms with Gasteiger partial charge in [-0.15, -0.1) is 0 Å². The molecule has 0 aliphatic rings. The highest BCUT2D eigenvalue weighted by Gasteiger charge is 2.13. The number of carboxylic acids is 1. The molecular weight excluding hydrogens is 347 g/mol. The summed E-state index contributed by atoms with van der Waals surface area (Å²) < 4.78 is 11.8. The van der Waals surface area contributed by atoms with Crippen LogP contribution in [-0.4, -0.2) is 29.9 Å². The highest BCUT2D eigenvalue weighted by Crippen LogP contribution is 2.21. The topological polar surface area (TPSA) is 55.8 Å². The fourth-order valence-corrected chi connectivity index (χ4v) is 1.79. The summed E-state index contributed by atoms with van der Waals surface area (Å²) in [5.74, 6) is -0.610. The van der Waals surface area contributed by atoms with E-state index in [9.17, 15) is 4.79 Å². The lowest BCUT2D eigenvalue weighted by molar-refractivity contribution is -0.0164. The number of hydrogen-bond donors (Lipinski definition) is 1. The van der Waals surface area contributed by atoms with Crippen molar-refractivity contribution in [2.75, 3.05) is 13.2 Å². The Balaban J connectivity index is 2.59. The fourth-order valence-electron chi connectivity index (χ4n) is 1.29. The predicted octanol–water partition coefficient (Wildman–Crippen LogP) is 3.18. The van der Waals surface area contributed by atoms with Crippen molar-refractivity contribution in [3.63, 3.8) is 0 Å². The molecule has 1 N–H and O–H groups in total. The van der Waals surface area contributed by atoms with Gasteiger partial charge in [-0.2, -0.15) is 0 Å². The maximum Gasteiger partial charge on any atom is 0.339 e. The Morgan fingerprint density at radius 2 is 2.00 bits per heavy atom. The van der Waals surface area contributed by atoms with Gasteiger partial charge in [0, 0.05) is 3.57 Å². The van der Waals surface area contributed by atoms with Gasteiger partial charge in [0.25, 0.3) is 0 Å². The molecule has 100 valence electrons. The van der Waals surface area contributed by atoms with E-state index in [2.05, 4.69) is 22.6 Å². The minimum atomic E-state index is -0.986. The van der Waals surface area contributed by atoms with Gasteiger partial charge in [0.1, 0.15) is 17.9 Å². The van der Waals surface area contributed by atoms with Gasteiger partial charge in [-0.1, -0.05) is 0 Å². The van der Waals surface area contributed by atoms with E-state index in [-0.39, 0.29) is 11.2 Å². The molecule has 1 aromatic rings. The molecule has 0 aliphatic heterocycles. The zero-order chi connectivity index (χ0) is 13.8. The summed E-state index contributed by atoms with van der Waals surface area (Å²) in [5, 5.41) is 9.06. The quantitative estimate of drug-likeness (QED) is 0.644. The Morgan fingerprint density at radius 1 is 1.33 bits per heavy atom. The van der Waals surface area contributed by atoms with Crippen LogP contribution in [0.1, 0.15) is 31.1 Å². The van der Waals surface area contributed by atoms with E-state index in [0.717, 1.165) is 3.57 Å². The Labute approximate surface area is 120 Å². The van der Waals surface area contributed by atoms with Gasteiger partial charge in [0.05, 0.1) is 12.2 Å². The number of hydrogen-bond acceptors (Lipinski definition) is 3. The van der Waals surface area contributed by atoms with Crippen LogP contribution in [0.5, 0.6) is 5.75 Å². The lowest BCUT2D eigenvalue weighted by atomic mass is 10.2. The smallest absolute Gasteiger partial charge is 0.339 e. The third-order valence-electron chi connectivity index (χ3n) is 2.05. The van der Waals surface area contributed by atoms with Gasteiger partial charge in [-0.3, -0.25) is 0 Å². The summed E-state index contributed by atoms with van der Waals surface area (Å²) in [6.07, 6.45) is 0. The normalized spacial score (nSPS) is 11.3. The van der Waals surface area contributed by atoms with Crippen molar-refractivity contribution in [2.45, 2.75) is 26.4 Å². The SMILES string of the molecule is CC(C)(C)OCCOc1ccc(I)cc1C(=O)O. The Hall–Kier alpha value is -0.820. The molecule has 1 rings (SSSR count). The van der Waals surface area contributed by atoms with E-state index < -0.39 is 5.97 Å². The summed E-state index contributed by atoms with van der Waals surface area (Å²) in [5.41, 5.74) is -0.0388. The van der Waals surface area contributed by atoms with Crippen LogP contribution in [0.25, 0.3) is 0 Å². The van der Waals surface area contributed by atoms with Crippen molar-refractivity contribution >= 4 is 28.6 Å². The van der Waals surface area contributed by atoms with Gasteiger partial charge in [0.2, 0.25) is 0 Å². The minimum Gasteiger partial charge on any atom is -0.490 e. The van der Waals surface area contributed by atoms with E-state index >= 15 is 0 Å². The highest BCUT2D eigenvalue weighted by molar-refractivity contribution is 14.1. The van der Waals surface area contributed by atoms with Gasteiger partial charge in [-0.05, 0) is 61.6 Å². The molecule has 0 aromatic heterocycles. The van der Waals surface area contributed by atoms with Gasteiger partial charge < -0.3 is 14.6 Å². The van der Waals surface area contributed by atoms with Crippen LogP contribution in [0.4, 0.5) is 0 Å². The first-order chi connectivity index (χ1) is 8.29. The molecule has 0 unspecified atom stereocenters. The first kappa shape index (κ1) is 15.2. The molecule has 0 aliphatic carbocycles. The van der Waals surface area contributed by atoms with Gasteiger partial charge in [0.15, 0.2) is 0 Å². The molecular formula is C13H17IO4. The first-order valence-electron chi connectivity index (χ1n) is 5.59. The number of rotatable bonds is 5. The average Bonchev–Trinajstić information content (AvgIpc) is 2.24. The van der Waals surface area contributed by atoms with Gasteiger partial charge >= 0.3 is 5.97 Å². The summed E-state index contributed by atoms with van der Waals surface area (Å²) in [6, 6.07) is 5.07. The third kappa shape index (κ3) is 5.22. The zero-order valence-electron chi connectivity index (χ0n) is 10.7. The van der Waals surface area contributed by atoms with Gasteiger partial charge in [-0.25, -0.2) is 4.79 Å². The molecule has 0 heterocycles. The van der Waals surface area contributed by atoms with Crippen LogP contribution in [0.15, 0.2) is 18.2 Å². The molecule has 4 nitrogen and oxygen atoms in total. The lowest BCUT2D eigenvalue weighted by Crippen LogP contribution is -2.22. The van der Waals surface area contributed by atoms with Crippen molar-refractivity contribution in [1.29, 1.82) is 0 Å². The van der Waals surface area contributed by atoms with Crippen molar-refractivity contribution < 1.29 is 19.4 Å². The second-order valence-corrected chi connectivity index (χ2v) is 6.00. The van der Waals surface area contributed by atoms with E-state index in [1.165, 1.54) is 0 Å². The van der Waals surface area contributed by atoms with E-state index in [4.69, 9.17) is 14.6 Å². The van der Waals surface area contributed by atoms with Crippen molar-refractivity contribution in [1.82, 2.24) is 0 Å². The Morgan fingerprint density at radius 3 is 2.56 bits per heavy atom. The Kier molecular flexibility index (Phi) is 5.40. The van der Waals surface area contributed by atoms with Crippen molar-refractivity contribution in [3.8, 4) is 5.75 Å². The number of carbonyl (C=O) groups is 1. The predicted molar refractivity (Wildman–Crippen MR) is 77.3 cm³/mol. The molecule has 1 aromatic carbocycles. The lowest BCUT2D eigenvalue weighted by Gasteiger charge is -2.19. The largest absolute Gasteiger partial charge is 0.490 e. The second-order valence-electron chi connectivity index (χ2n) is 4.75. The van der Waals surface area contributed by atoms with E-state index in [1.807, 2.05) is 26.8 Å². The zero-order valence-corrected chi connectivity index (χ0v) is 12.9. The van der Waals surface area contributed by atoms with Crippen LogP contribution in [0.3, 0.4) is 0 Å². The van der Waals surface area contributed by atoms with E-state index in [0.29, 0.717) is 19.0 Å². The number of benzene rings is 1. The molecule has 0 amide bonds. The van der Waals surface area contributed by atoms with Crippen LogP contribution >= 0.6 is 22.6 Å². The maximum absolute atomic E-state index is 11.1. The molecule has 0 bridgehead atoms. The average molecular weight is 364 g/mol. The summed E-state index contributed by atoms with van der Waals surface area (Å²) in [4.78, 5) is 11.1. The molecule has 0 saturated heterocycles. The molecule has 0 atom stereocenters. The molecule has 0 fully saturated rings. The van der Waals surface area contributed by atoms with Crippen LogP contribution in [-0.2, 0) is 4.74 Å².